The number of anilines is 1. The highest BCUT2D eigenvalue weighted by Gasteiger charge is 2.08. The molecule has 0 aliphatic heterocycles. The highest BCUT2D eigenvalue weighted by atomic mass is 16.3. The first kappa shape index (κ1) is 14.0. The average Bonchev–Trinajstić information content (AvgIpc) is 2.52. The summed E-state index contributed by atoms with van der Waals surface area (Å²) >= 11 is 0. The van der Waals surface area contributed by atoms with E-state index in [1.807, 2.05) is 31.3 Å². The summed E-state index contributed by atoms with van der Waals surface area (Å²) in [4.78, 5) is 6.05. The Hall–Kier alpha value is -2.38. The van der Waals surface area contributed by atoms with Crippen LogP contribution in [0.4, 0.5) is 5.69 Å². The molecule has 0 aliphatic carbocycles. The Kier molecular flexibility index (Phi) is 4.70. The van der Waals surface area contributed by atoms with Gasteiger partial charge in [-0.1, -0.05) is 6.07 Å². The van der Waals surface area contributed by atoms with Gasteiger partial charge in [-0.2, -0.15) is 5.26 Å². The Balaban J connectivity index is 2.09. The molecule has 1 N–H and O–H groups in total. The molecule has 0 bridgehead atoms. The van der Waals surface area contributed by atoms with Crippen molar-refractivity contribution in [2.45, 2.75) is 13.0 Å². The average molecular weight is 267 g/mol. The summed E-state index contributed by atoms with van der Waals surface area (Å²) in [7, 11) is 1.97. The van der Waals surface area contributed by atoms with Gasteiger partial charge in [-0.3, -0.25) is 4.98 Å². The lowest BCUT2D eigenvalue weighted by molar-refractivity contribution is 0.282. The minimum Gasteiger partial charge on any atom is -0.392 e. The molecule has 102 valence electrons. The molecule has 0 unspecified atom stereocenters. The minimum absolute atomic E-state index is 0.0459. The number of nitrogens with zero attached hydrogens (tertiary/aromatic N) is 3. The van der Waals surface area contributed by atoms with E-state index < -0.39 is 0 Å². The molecule has 20 heavy (non-hydrogen) atoms. The van der Waals surface area contributed by atoms with Crippen molar-refractivity contribution >= 4 is 5.69 Å². The minimum atomic E-state index is -0.0459. The lowest BCUT2D eigenvalue weighted by Gasteiger charge is -2.21. The van der Waals surface area contributed by atoms with E-state index in [2.05, 4.69) is 16.0 Å². The lowest BCUT2D eigenvalue weighted by Crippen LogP contribution is -2.21. The fraction of sp³-hybridized carbons (Fsp3) is 0.250. The van der Waals surface area contributed by atoms with Crippen molar-refractivity contribution in [3.8, 4) is 6.07 Å². The summed E-state index contributed by atoms with van der Waals surface area (Å²) in [6.07, 6.45) is 4.46. The molecule has 0 atom stereocenters. The van der Waals surface area contributed by atoms with Crippen LogP contribution in [0.1, 0.15) is 16.7 Å². The molecule has 0 spiro atoms. The van der Waals surface area contributed by atoms with Crippen LogP contribution < -0.4 is 4.90 Å². The topological polar surface area (TPSA) is 60.1 Å². The first-order chi connectivity index (χ1) is 9.74. The van der Waals surface area contributed by atoms with Gasteiger partial charge in [-0.05, 0) is 41.8 Å². The number of aliphatic hydroxyl groups excluding tert-OH is 1. The number of rotatable bonds is 5. The van der Waals surface area contributed by atoms with E-state index in [1.54, 1.807) is 18.5 Å². The van der Waals surface area contributed by atoms with E-state index in [-0.39, 0.29) is 6.61 Å². The number of hydrogen-bond donors (Lipinski definition) is 1. The molecule has 0 saturated carbocycles. The van der Waals surface area contributed by atoms with E-state index in [0.717, 1.165) is 24.2 Å². The Morgan fingerprint density at radius 1 is 1.20 bits per heavy atom. The van der Waals surface area contributed by atoms with Gasteiger partial charge in [0.1, 0.15) is 6.07 Å². The summed E-state index contributed by atoms with van der Waals surface area (Å²) in [5, 5.41) is 18.3. The molecule has 1 aromatic heterocycles. The van der Waals surface area contributed by atoms with Crippen LogP contribution in [-0.4, -0.2) is 23.7 Å². The molecule has 0 radical (unpaired) electrons. The van der Waals surface area contributed by atoms with Crippen LogP contribution in [0.15, 0.2) is 42.7 Å². The maximum absolute atomic E-state index is 9.21. The van der Waals surface area contributed by atoms with Crippen LogP contribution in [0, 0.1) is 11.3 Å². The first-order valence-corrected chi connectivity index (χ1v) is 6.48. The van der Waals surface area contributed by atoms with E-state index in [1.165, 1.54) is 5.56 Å². The zero-order valence-corrected chi connectivity index (χ0v) is 11.5. The molecule has 2 rings (SSSR count). The molecule has 4 nitrogen and oxygen atoms in total. The van der Waals surface area contributed by atoms with Crippen molar-refractivity contribution in [3.63, 3.8) is 0 Å². The Bertz CT molecular complexity index is 605. The van der Waals surface area contributed by atoms with E-state index >= 15 is 0 Å². The van der Waals surface area contributed by atoms with Crippen LogP contribution in [0.2, 0.25) is 0 Å². The van der Waals surface area contributed by atoms with Crippen LogP contribution in [0.5, 0.6) is 0 Å². The van der Waals surface area contributed by atoms with Crippen LogP contribution in [0.25, 0.3) is 0 Å². The van der Waals surface area contributed by atoms with Gasteiger partial charge in [-0.25, -0.2) is 0 Å². The number of likely N-dealkylation sites (N-methyl/N-ethyl adjacent to an activating group) is 1. The van der Waals surface area contributed by atoms with Crippen molar-refractivity contribution in [1.82, 2.24) is 4.98 Å². The van der Waals surface area contributed by atoms with Gasteiger partial charge < -0.3 is 10.0 Å². The van der Waals surface area contributed by atoms with Crippen molar-refractivity contribution in [2.24, 2.45) is 0 Å². The Morgan fingerprint density at radius 2 is 1.95 bits per heavy atom. The number of hydrogen-bond acceptors (Lipinski definition) is 4. The number of benzene rings is 1. The monoisotopic (exact) mass is 267 g/mol. The second-order valence-corrected chi connectivity index (χ2v) is 4.65. The van der Waals surface area contributed by atoms with Gasteiger partial charge in [0.2, 0.25) is 0 Å². The highest BCUT2D eigenvalue weighted by molar-refractivity contribution is 5.60. The smallest absolute Gasteiger partial charge is 0.101 e. The standard InChI is InChI=1S/C16H17N3O/c1-19(9-6-13-4-7-18-8-5-13)16-3-2-14(12-20)10-15(16)11-17/h2-5,7-8,10,20H,6,9,12H2,1H3. The van der Waals surface area contributed by atoms with Gasteiger partial charge >= 0.3 is 0 Å². The third-order valence-corrected chi connectivity index (χ3v) is 3.26. The highest BCUT2D eigenvalue weighted by Crippen LogP contribution is 2.20. The van der Waals surface area contributed by atoms with Crippen LogP contribution in [0.3, 0.4) is 0 Å². The molecule has 1 aromatic carbocycles. The van der Waals surface area contributed by atoms with Gasteiger partial charge in [-0.15, -0.1) is 0 Å². The summed E-state index contributed by atoms with van der Waals surface area (Å²) in [5.74, 6) is 0. The number of pyridine rings is 1. The zero-order chi connectivity index (χ0) is 14.4. The summed E-state index contributed by atoms with van der Waals surface area (Å²) in [5.41, 5.74) is 3.46. The molecule has 0 amide bonds. The summed E-state index contributed by atoms with van der Waals surface area (Å²) < 4.78 is 0. The Labute approximate surface area is 118 Å². The number of aliphatic hydroxyl groups is 1. The fourth-order valence-electron chi connectivity index (χ4n) is 2.07. The SMILES string of the molecule is CN(CCc1ccncc1)c1ccc(CO)cc1C#N. The second-order valence-electron chi connectivity index (χ2n) is 4.65. The summed E-state index contributed by atoms with van der Waals surface area (Å²) in [6, 6.07) is 11.6. The normalized spacial score (nSPS) is 10.1. The summed E-state index contributed by atoms with van der Waals surface area (Å²) in [6.45, 7) is 0.771. The van der Waals surface area contributed by atoms with E-state index in [9.17, 15) is 5.26 Å². The largest absolute Gasteiger partial charge is 0.392 e. The van der Waals surface area contributed by atoms with E-state index in [0.29, 0.717) is 5.56 Å². The molecule has 0 aliphatic rings. The number of aromatic nitrogens is 1. The number of nitriles is 1. The predicted octanol–water partition coefficient (Wildman–Crippen LogP) is 2.12. The predicted molar refractivity (Wildman–Crippen MR) is 78.3 cm³/mol. The Morgan fingerprint density at radius 3 is 2.60 bits per heavy atom. The van der Waals surface area contributed by atoms with Gasteiger partial charge in [0.15, 0.2) is 0 Å². The quantitative estimate of drug-likeness (QED) is 0.901. The fourth-order valence-corrected chi connectivity index (χ4v) is 2.07. The third-order valence-electron chi connectivity index (χ3n) is 3.26. The van der Waals surface area contributed by atoms with Crippen molar-refractivity contribution in [3.05, 3.63) is 59.4 Å². The van der Waals surface area contributed by atoms with Gasteiger partial charge in [0, 0.05) is 26.0 Å². The molecule has 1 heterocycles. The van der Waals surface area contributed by atoms with Gasteiger partial charge in [0.25, 0.3) is 0 Å². The van der Waals surface area contributed by atoms with E-state index in [4.69, 9.17) is 5.11 Å². The first-order valence-electron chi connectivity index (χ1n) is 6.48. The molecule has 0 fully saturated rings. The zero-order valence-electron chi connectivity index (χ0n) is 11.5. The van der Waals surface area contributed by atoms with Crippen LogP contribution in [-0.2, 0) is 13.0 Å². The molecule has 2 aromatic rings. The molecule has 0 saturated heterocycles. The van der Waals surface area contributed by atoms with Crippen molar-refractivity contribution in [2.75, 3.05) is 18.5 Å². The third kappa shape index (κ3) is 3.34. The van der Waals surface area contributed by atoms with Crippen molar-refractivity contribution in [1.29, 1.82) is 5.26 Å². The second kappa shape index (κ2) is 6.69. The molecular formula is C16H17N3O. The maximum atomic E-state index is 9.21. The molecular weight excluding hydrogens is 250 g/mol. The molecule has 4 heteroatoms. The van der Waals surface area contributed by atoms with Crippen molar-refractivity contribution < 1.29 is 5.11 Å². The van der Waals surface area contributed by atoms with Crippen LogP contribution >= 0.6 is 0 Å². The lowest BCUT2D eigenvalue weighted by atomic mass is 10.1. The van der Waals surface area contributed by atoms with Gasteiger partial charge in [0.05, 0.1) is 17.9 Å². The maximum Gasteiger partial charge on any atom is 0.101 e.